The lowest BCUT2D eigenvalue weighted by molar-refractivity contribution is -0.134. The molecule has 1 rings (SSSR count). The van der Waals surface area contributed by atoms with E-state index in [1.807, 2.05) is 0 Å². The van der Waals surface area contributed by atoms with E-state index in [0.29, 0.717) is 0 Å². The molecule has 0 unspecified atom stereocenters. The van der Waals surface area contributed by atoms with Gasteiger partial charge in [0, 0.05) is 0 Å². The van der Waals surface area contributed by atoms with Crippen molar-refractivity contribution >= 4 is 23.0 Å². The number of alkyl halides is 3. The van der Waals surface area contributed by atoms with Crippen molar-refractivity contribution in [3.05, 3.63) is 15.3 Å². The minimum absolute atomic E-state index is 0.0133. The Morgan fingerprint density at radius 3 is 2.53 bits per heavy atom. The zero-order chi connectivity index (χ0) is 13.2. The number of hydrogen-bond acceptors (Lipinski definition) is 5. The van der Waals surface area contributed by atoms with E-state index in [1.54, 1.807) is 0 Å². The van der Waals surface area contributed by atoms with Gasteiger partial charge in [-0.15, -0.1) is 11.3 Å². The van der Waals surface area contributed by atoms with E-state index < -0.39 is 33.2 Å². The van der Waals surface area contributed by atoms with Crippen LogP contribution in [0.4, 0.5) is 18.9 Å². The Hall–Kier alpha value is -1.75. The van der Waals surface area contributed by atoms with Gasteiger partial charge in [0.2, 0.25) is 0 Å². The molecular weight excluding hydrogens is 257 g/mol. The summed E-state index contributed by atoms with van der Waals surface area (Å²) in [6, 6.07) is 1.35. The van der Waals surface area contributed by atoms with Gasteiger partial charge in [0.15, 0.2) is 0 Å². The number of carbonyl (C=O) groups excluding carboxylic acids is 1. The van der Waals surface area contributed by atoms with Crippen LogP contribution in [-0.4, -0.2) is 12.6 Å². The van der Waals surface area contributed by atoms with Gasteiger partial charge in [0.25, 0.3) is 0 Å². The fourth-order valence-electron chi connectivity index (χ4n) is 1.10. The van der Waals surface area contributed by atoms with Crippen LogP contribution in [0.15, 0.2) is 0 Å². The summed E-state index contributed by atoms with van der Waals surface area (Å²) >= 11 is 0.119. The lowest BCUT2D eigenvalue weighted by Gasteiger charge is -2.02. The lowest BCUT2D eigenvalue weighted by Crippen LogP contribution is -2.05. The molecule has 1 aromatic rings. The second kappa shape index (κ2) is 4.63. The van der Waals surface area contributed by atoms with E-state index in [9.17, 15) is 18.0 Å². The standard InChI is InChI=1S/C9H7F3N2O2S/c1-2-16-8(15)6-5(14)4(3-13)7(17-6)9(10,11)12/h2,14H2,1H3. The second-order valence-electron chi connectivity index (χ2n) is 2.88. The number of carbonyl (C=O) groups is 1. The van der Waals surface area contributed by atoms with Gasteiger partial charge in [-0.3, -0.25) is 0 Å². The molecule has 0 aromatic carbocycles. The van der Waals surface area contributed by atoms with Crippen molar-refractivity contribution in [3.8, 4) is 6.07 Å². The quantitative estimate of drug-likeness (QED) is 0.832. The first-order valence-electron chi connectivity index (χ1n) is 4.39. The van der Waals surface area contributed by atoms with Crippen LogP contribution in [-0.2, 0) is 10.9 Å². The first kappa shape index (κ1) is 13.3. The predicted molar refractivity (Wildman–Crippen MR) is 54.4 cm³/mol. The zero-order valence-electron chi connectivity index (χ0n) is 8.59. The normalized spacial score (nSPS) is 11.0. The summed E-state index contributed by atoms with van der Waals surface area (Å²) < 4.78 is 42.1. The Balaban J connectivity index is 3.34. The van der Waals surface area contributed by atoms with Crippen LogP contribution < -0.4 is 5.73 Å². The molecule has 0 amide bonds. The molecule has 0 bridgehead atoms. The Morgan fingerprint density at radius 2 is 2.18 bits per heavy atom. The maximum atomic E-state index is 12.5. The molecule has 0 radical (unpaired) electrons. The maximum Gasteiger partial charge on any atom is 0.426 e. The number of nitrogens with zero attached hydrogens (tertiary/aromatic N) is 1. The van der Waals surface area contributed by atoms with Crippen molar-refractivity contribution in [2.24, 2.45) is 0 Å². The Labute approximate surface area is 98.4 Å². The molecule has 8 heteroatoms. The number of anilines is 1. The van der Waals surface area contributed by atoms with E-state index in [4.69, 9.17) is 11.0 Å². The van der Waals surface area contributed by atoms with Gasteiger partial charge in [0.05, 0.1) is 17.9 Å². The Morgan fingerprint density at radius 1 is 1.59 bits per heavy atom. The molecule has 92 valence electrons. The largest absolute Gasteiger partial charge is 0.462 e. The lowest BCUT2D eigenvalue weighted by atomic mass is 10.2. The van der Waals surface area contributed by atoms with E-state index >= 15 is 0 Å². The van der Waals surface area contributed by atoms with Gasteiger partial charge in [-0.25, -0.2) is 4.79 Å². The predicted octanol–water partition coefficient (Wildman–Crippen LogP) is 2.40. The number of halogens is 3. The van der Waals surface area contributed by atoms with Crippen molar-refractivity contribution in [2.75, 3.05) is 12.3 Å². The first-order valence-corrected chi connectivity index (χ1v) is 5.21. The molecule has 0 saturated heterocycles. The summed E-state index contributed by atoms with van der Waals surface area (Å²) in [6.45, 7) is 1.52. The van der Waals surface area contributed by atoms with Crippen molar-refractivity contribution < 1.29 is 22.7 Å². The molecule has 17 heavy (non-hydrogen) atoms. The molecule has 0 aliphatic heterocycles. The van der Waals surface area contributed by atoms with E-state index in [0.717, 1.165) is 0 Å². The average molecular weight is 264 g/mol. The van der Waals surface area contributed by atoms with Gasteiger partial charge >= 0.3 is 12.1 Å². The molecular formula is C9H7F3N2O2S. The number of thiophene rings is 1. The van der Waals surface area contributed by atoms with Gasteiger partial charge in [-0.2, -0.15) is 18.4 Å². The molecule has 4 nitrogen and oxygen atoms in total. The third kappa shape index (κ3) is 2.50. The van der Waals surface area contributed by atoms with Gasteiger partial charge < -0.3 is 10.5 Å². The third-order valence-corrected chi connectivity index (χ3v) is 3.01. The molecule has 0 fully saturated rings. The summed E-state index contributed by atoms with van der Waals surface area (Å²) in [4.78, 5) is 9.73. The van der Waals surface area contributed by atoms with E-state index in [2.05, 4.69) is 4.74 Å². The highest BCUT2D eigenvalue weighted by Gasteiger charge is 2.39. The average Bonchev–Trinajstić information content (AvgIpc) is 2.55. The summed E-state index contributed by atoms with van der Waals surface area (Å²) in [5.74, 6) is -0.956. The SMILES string of the molecule is CCOC(=O)c1sc(C(F)(F)F)c(C#N)c1N. The Bertz CT molecular complexity index is 488. The van der Waals surface area contributed by atoms with Gasteiger partial charge in [0.1, 0.15) is 15.8 Å². The fraction of sp³-hybridized carbons (Fsp3) is 0.333. The van der Waals surface area contributed by atoms with Crippen LogP contribution >= 0.6 is 11.3 Å². The summed E-state index contributed by atoms with van der Waals surface area (Å²) in [5.41, 5.74) is 4.12. The highest BCUT2D eigenvalue weighted by Crippen LogP contribution is 2.41. The number of nitrogen functional groups attached to an aromatic ring is 1. The minimum atomic E-state index is -4.71. The van der Waals surface area contributed by atoms with E-state index in [1.165, 1.54) is 13.0 Å². The monoisotopic (exact) mass is 264 g/mol. The van der Waals surface area contributed by atoms with Crippen molar-refractivity contribution in [2.45, 2.75) is 13.1 Å². The van der Waals surface area contributed by atoms with Gasteiger partial charge in [-0.1, -0.05) is 0 Å². The van der Waals surface area contributed by atoms with Crippen LogP contribution in [0.1, 0.15) is 27.0 Å². The fourth-order valence-corrected chi connectivity index (χ4v) is 2.03. The highest BCUT2D eigenvalue weighted by atomic mass is 32.1. The number of ether oxygens (including phenoxy) is 1. The van der Waals surface area contributed by atoms with Crippen LogP contribution in [0.3, 0.4) is 0 Å². The number of hydrogen-bond donors (Lipinski definition) is 1. The topological polar surface area (TPSA) is 76.1 Å². The van der Waals surface area contributed by atoms with Crippen molar-refractivity contribution in [1.82, 2.24) is 0 Å². The van der Waals surface area contributed by atoms with E-state index in [-0.39, 0.29) is 17.9 Å². The van der Waals surface area contributed by atoms with Crippen LogP contribution in [0.2, 0.25) is 0 Å². The zero-order valence-corrected chi connectivity index (χ0v) is 9.41. The minimum Gasteiger partial charge on any atom is -0.462 e. The maximum absolute atomic E-state index is 12.5. The van der Waals surface area contributed by atoms with Crippen LogP contribution in [0.5, 0.6) is 0 Å². The summed E-state index contributed by atoms with van der Waals surface area (Å²) in [5, 5.41) is 8.61. The summed E-state index contributed by atoms with van der Waals surface area (Å²) in [6.07, 6.45) is -4.71. The molecule has 2 N–H and O–H groups in total. The van der Waals surface area contributed by atoms with Crippen molar-refractivity contribution in [3.63, 3.8) is 0 Å². The highest BCUT2D eigenvalue weighted by molar-refractivity contribution is 7.15. The third-order valence-electron chi connectivity index (χ3n) is 1.78. The number of rotatable bonds is 2. The Kier molecular flexibility index (Phi) is 3.63. The van der Waals surface area contributed by atoms with Crippen LogP contribution in [0, 0.1) is 11.3 Å². The van der Waals surface area contributed by atoms with Gasteiger partial charge in [-0.05, 0) is 6.92 Å². The smallest absolute Gasteiger partial charge is 0.426 e. The summed E-state index contributed by atoms with van der Waals surface area (Å²) in [7, 11) is 0. The second-order valence-corrected chi connectivity index (χ2v) is 3.90. The molecule has 0 aliphatic rings. The molecule has 0 aliphatic carbocycles. The first-order chi connectivity index (χ1) is 7.82. The van der Waals surface area contributed by atoms with Crippen LogP contribution in [0.25, 0.3) is 0 Å². The number of nitriles is 1. The number of nitrogens with two attached hydrogens (primary N) is 1. The molecule has 1 heterocycles. The molecule has 0 atom stereocenters. The molecule has 0 spiro atoms. The number of esters is 1. The molecule has 0 saturated carbocycles. The molecule has 1 aromatic heterocycles. The van der Waals surface area contributed by atoms with Crippen molar-refractivity contribution in [1.29, 1.82) is 5.26 Å².